The topological polar surface area (TPSA) is 76.8 Å². The van der Waals surface area contributed by atoms with Gasteiger partial charge in [0.1, 0.15) is 18.1 Å². The number of anilines is 1. The zero-order chi connectivity index (χ0) is 21.6. The summed E-state index contributed by atoms with van der Waals surface area (Å²) in [5.74, 6) is 0.991. The minimum absolute atomic E-state index is 0.207. The maximum Gasteiger partial charge on any atom is 0.278 e. The van der Waals surface area contributed by atoms with Crippen LogP contribution in [0.25, 0.3) is 0 Å². The number of benzene rings is 2. The molecule has 2 heterocycles. The number of nitrogens with one attached hydrogen (secondary N) is 1. The number of ether oxygens (including phenoxy) is 2. The lowest BCUT2D eigenvalue weighted by Gasteiger charge is -2.26. The maximum absolute atomic E-state index is 12.9. The van der Waals surface area contributed by atoms with Gasteiger partial charge in [-0.25, -0.2) is 0 Å². The molecule has 1 aliphatic rings. The molecule has 1 saturated heterocycles. The Balaban J connectivity index is 1.42. The van der Waals surface area contributed by atoms with Crippen molar-refractivity contribution in [3.05, 3.63) is 76.7 Å². The normalized spacial score (nSPS) is 14.4. The molecule has 0 unspecified atom stereocenters. The summed E-state index contributed by atoms with van der Waals surface area (Å²) in [6.45, 7) is 8.17. The van der Waals surface area contributed by atoms with Gasteiger partial charge in [0.25, 0.3) is 5.91 Å². The number of morpholine rings is 1. The molecule has 162 valence electrons. The predicted octanol–water partition coefficient (Wildman–Crippen LogP) is 3.95. The molecule has 0 bridgehead atoms. The highest BCUT2D eigenvalue weighted by atomic mass is 16.5. The standard InChI is InChI=1S/C24H27N3O4/c1-17-5-3-8-21(13-17)30-16-22-18(2)31-26-23(22)24(28)25-20-7-4-6-19(14-20)15-27-9-11-29-12-10-27/h3-8,13-14H,9-12,15-16H2,1-2H3,(H,25,28). The number of hydrogen-bond donors (Lipinski definition) is 1. The summed E-state index contributed by atoms with van der Waals surface area (Å²) >= 11 is 0. The highest BCUT2D eigenvalue weighted by Crippen LogP contribution is 2.21. The van der Waals surface area contributed by atoms with Crippen LogP contribution in [-0.4, -0.2) is 42.3 Å². The van der Waals surface area contributed by atoms with Gasteiger partial charge >= 0.3 is 0 Å². The van der Waals surface area contributed by atoms with Crippen LogP contribution < -0.4 is 10.1 Å². The minimum atomic E-state index is -0.316. The van der Waals surface area contributed by atoms with Gasteiger partial charge < -0.3 is 19.3 Å². The molecule has 3 aromatic rings. The summed E-state index contributed by atoms with van der Waals surface area (Å²) in [5, 5.41) is 6.91. The number of rotatable bonds is 7. The van der Waals surface area contributed by atoms with Crippen LogP contribution in [0, 0.1) is 13.8 Å². The van der Waals surface area contributed by atoms with E-state index < -0.39 is 0 Å². The number of aryl methyl sites for hydroxylation is 2. The molecule has 7 nitrogen and oxygen atoms in total. The molecular weight excluding hydrogens is 394 g/mol. The van der Waals surface area contributed by atoms with Gasteiger partial charge in [0.2, 0.25) is 0 Å². The SMILES string of the molecule is Cc1cccc(OCc2c(C(=O)Nc3cccc(CN4CCOCC4)c3)noc2C)c1. The molecule has 7 heteroatoms. The zero-order valence-corrected chi connectivity index (χ0v) is 17.9. The Hall–Kier alpha value is -3.16. The molecule has 0 atom stereocenters. The van der Waals surface area contributed by atoms with Crippen molar-refractivity contribution >= 4 is 11.6 Å². The minimum Gasteiger partial charge on any atom is -0.489 e. The van der Waals surface area contributed by atoms with Crippen LogP contribution in [0.1, 0.15) is 32.9 Å². The quantitative estimate of drug-likeness (QED) is 0.622. The van der Waals surface area contributed by atoms with Crippen molar-refractivity contribution in [1.29, 1.82) is 0 Å². The number of aromatic nitrogens is 1. The first-order valence-corrected chi connectivity index (χ1v) is 10.4. The first-order valence-electron chi connectivity index (χ1n) is 10.4. The molecule has 4 rings (SSSR count). The van der Waals surface area contributed by atoms with Crippen LogP contribution in [0.3, 0.4) is 0 Å². The first kappa shape index (κ1) is 21.1. The lowest BCUT2D eigenvalue weighted by atomic mass is 10.1. The van der Waals surface area contributed by atoms with Crippen LogP contribution in [-0.2, 0) is 17.9 Å². The molecule has 1 amide bonds. The van der Waals surface area contributed by atoms with E-state index in [1.165, 1.54) is 0 Å². The molecule has 0 spiro atoms. The molecule has 1 aliphatic heterocycles. The monoisotopic (exact) mass is 421 g/mol. The fourth-order valence-electron chi connectivity index (χ4n) is 3.56. The van der Waals surface area contributed by atoms with E-state index in [0.29, 0.717) is 11.3 Å². The Labute approximate surface area is 181 Å². The summed E-state index contributed by atoms with van der Waals surface area (Å²) in [5.41, 5.74) is 3.85. The van der Waals surface area contributed by atoms with Gasteiger partial charge in [0.15, 0.2) is 5.69 Å². The van der Waals surface area contributed by atoms with Crippen molar-refractivity contribution in [2.45, 2.75) is 27.0 Å². The van der Waals surface area contributed by atoms with E-state index in [4.69, 9.17) is 14.0 Å². The smallest absolute Gasteiger partial charge is 0.278 e. The third-order valence-corrected chi connectivity index (χ3v) is 5.27. The molecule has 31 heavy (non-hydrogen) atoms. The highest BCUT2D eigenvalue weighted by Gasteiger charge is 2.21. The van der Waals surface area contributed by atoms with Crippen molar-refractivity contribution < 1.29 is 18.8 Å². The van der Waals surface area contributed by atoms with Crippen molar-refractivity contribution in [3.63, 3.8) is 0 Å². The Morgan fingerprint density at radius 2 is 1.94 bits per heavy atom. The van der Waals surface area contributed by atoms with Crippen molar-refractivity contribution in [2.75, 3.05) is 31.6 Å². The second-order valence-electron chi connectivity index (χ2n) is 7.71. The fourth-order valence-corrected chi connectivity index (χ4v) is 3.56. The number of carbonyl (C=O) groups excluding carboxylic acids is 1. The number of carbonyl (C=O) groups is 1. The Morgan fingerprint density at radius 1 is 1.13 bits per heavy atom. The Kier molecular flexibility index (Phi) is 6.64. The third-order valence-electron chi connectivity index (χ3n) is 5.27. The lowest BCUT2D eigenvalue weighted by molar-refractivity contribution is 0.0342. The Morgan fingerprint density at radius 3 is 2.74 bits per heavy atom. The van der Waals surface area contributed by atoms with Gasteiger partial charge in [-0.15, -0.1) is 0 Å². The first-order chi connectivity index (χ1) is 15.1. The van der Waals surface area contributed by atoms with E-state index in [9.17, 15) is 4.79 Å². The van der Waals surface area contributed by atoms with Gasteiger partial charge in [-0.1, -0.05) is 29.4 Å². The van der Waals surface area contributed by atoms with Gasteiger partial charge in [-0.2, -0.15) is 0 Å². The van der Waals surface area contributed by atoms with E-state index in [0.717, 1.165) is 55.4 Å². The van der Waals surface area contributed by atoms with E-state index >= 15 is 0 Å². The van der Waals surface area contributed by atoms with E-state index in [2.05, 4.69) is 21.4 Å². The Bertz CT molecular complexity index is 1040. The molecule has 1 fully saturated rings. The summed E-state index contributed by atoms with van der Waals surface area (Å²) in [4.78, 5) is 15.2. The van der Waals surface area contributed by atoms with Crippen molar-refractivity contribution in [2.24, 2.45) is 0 Å². The number of hydrogen-bond acceptors (Lipinski definition) is 6. The lowest BCUT2D eigenvalue weighted by Crippen LogP contribution is -2.35. The maximum atomic E-state index is 12.9. The molecule has 2 aromatic carbocycles. The van der Waals surface area contributed by atoms with Gasteiger partial charge in [0.05, 0.1) is 18.8 Å². The molecule has 1 N–H and O–H groups in total. The largest absolute Gasteiger partial charge is 0.489 e. The zero-order valence-electron chi connectivity index (χ0n) is 17.9. The molecule has 0 radical (unpaired) electrons. The average Bonchev–Trinajstić information content (AvgIpc) is 3.14. The van der Waals surface area contributed by atoms with Crippen LogP contribution in [0.4, 0.5) is 5.69 Å². The fraction of sp³-hybridized carbons (Fsp3) is 0.333. The average molecular weight is 421 g/mol. The third kappa shape index (κ3) is 5.51. The van der Waals surface area contributed by atoms with E-state index in [1.807, 2.05) is 49.4 Å². The van der Waals surface area contributed by atoms with E-state index in [1.54, 1.807) is 6.92 Å². The second-order valence-corrected chi connectivity index (χ2v) is 7.71. The summed E-state index contributed by atoms with van der Waals surface area (Å²) < 4.78 is 16.5. The van der Waals surface area contributed by atoms with Gasteiger partial charge in [0, 0.05) is 25.3 Å². The summed E-state index contributed by atoms with van der Waals surface area (Å²) in [7, 11) is 0. The molecular formula is C24H27N3O4. The molecule has 1 aromatic heterocycles. The van der Waals surface area contributed by atoms with Crippen molar-refractivity contribution in [3.8, 4) is 5.75 Å². The van der Waals surface area contributed by atoms with E-state index in [-0.39, 0.29) is 18.2 Å². The summed E-state index contributed by atoms with van der Waals surface area (Å²) in [6.07, 6.45) is 0. The number of amides is 1. The van der Waals surface area contributed by atoms with Crippen LogP contribution in [0.5, 0.6) is 5.75 Å². The van der Waals surface area contributed by atoms with Crippen LogP contribution in [0.15, 0.2) is 53.1 Å². The summed E-state index contributed by atoms with van der Waals surface area (Å²) in [6, 6.07) is 15.6. The highest BCUT2D eigenvalue weighted by molar-refractivity contribution is 6.03. The molecule has 0 saturated carbocycles. The number of nitrogens with zero attached hydrogens (tertiary/aromatic N) is 2. The van der Waals surface area contributed by atoms with Gasteiger partial charge in [-0.05, 0) is 49.2 Å². The predicted molar refractivity (Wildman–Crippen MR) is 117 cm³/mol. The molecule has 0 aliphatic carbocycles. The second kappa shape index (κ2) is 9.76. The van der Waals surface area contributed by atoms with Gasteiger partial charge in [-0.3, -0.25) is 9.69 Å². The van der Waals surface area contributed by atoms with Crippen LogP contribution >= 0.6 is 0 Å². The van der Waals surface area contributed by atoms with Crippen molar-refractivity contribution in [1.82, 2.24) is 10.1 Å². The van der Waals surface area contributed by atoms with Crippen LogP contribution in [0.2, 0.25) is 0 Å².